The molecular formula is C15H18N2O4. The zero-order valence-corrected chi connectivity index (χ0v) is 11.8. The topological polar surface area (TPSA) is 84.6 Å². The van der Waals surface area contributed by atoms with E-state index >= 15 is 0 Å². The van der Waals surface area contributed by atoms with Crippen molar-refractivity contribution in [3.05, 3.63) is 53.4 Å². The van der Waals surface area contributed by atoms with Crippen LogP contribution < -0.4 is 5.32 Å². The van der Waals surface area contributed by atoms with E-state index in [1.165, 1.54) is 13.2 Å². The van der Waals surface area contributed by atoms with Gasteiger partial charge in [-0.05, 0) is 12.0 Å². The molecule has 112 valence electrons. The molecule has 2 rings (SSSR count). The fourth-order valence-corrected chi connectivity index (χ4v) is 1.95. The minimum absolute atomic E-state index is 0.149. The summed E-state index contributed by atoms with van der Waals surface area (Å²) in [5, 5.41) is 15.8. The molecule has 1 aromatic carbocycles. The minimum Gasteiger partial charge on any atom is -0.394 e. The Morgan fingerprint density at radius 2 is 2.19 bits per heavy atom. The van der Waals surface area contributed by atoms with E-state index in [1.54, 1.807) is 0 Å². The third kappa shape index (κ3) is 4.40. The maximum atomic E-state index is 12.0. The molecule has 1 heterocycles. The van der Waals surface area contributed by atoms with Gasteiger partial charge in [0.25, 0.3) is 5.91 Å². The second kappa shape index (κ2) is 7.56. The average Bonchev–Trinajstić information content (AvgIpc) is 2.97. The van der Waals surface area contributed by atoms with E-state index in [0.29, 0.717) is 12.2 Å². The standard InChI is InChI=1S/C15H18N2O4/c1-20-10-13-8-14(17-21-13)15(19)16-12(9-18)7-11-5-3-2-4-6-11/h2-6,8,12,18H,7,9-10H2,1H3,(H,16,19)/t12-/m1/s1. The van der Waals surface area contributed by atoms with Crippen molar-refractivity contribution in [3.8, 4) is 0 Å². The van der Waals surface area contributed by atoms with Gasteiger partial charge in [0.2, 0.25) is 0 Å². The number of carbonyl (C=O) groups excluding carboxylic acids is 1. The Balaban J connectivity index is 1.95. The highest BCUT2D eigenvalue weighted by Crippen LogP contribution is 2.07. The van der Waals surface area contributed by atoms with Crippen LogP contribution in [0.25, 0.3) is 0 Å². The van der Waals surface area contributed by atoms with E-state index in [2.05, 4.69) is 10.5 Å². The Labute approximate surface area is 122 Å². The number of amides is 1. The predicted octanol–water partition coefficient (Wildman–Crippen LogP) is 1.15. The molecule has 0 aliphatic rings. The molecule has 0 fully saturated rings. The highest BCUT2D eigenvalue weighted by molar-refractivity contribution is 5.92. The maximum absolute atomic E-state index is 12.0. The number of nitrogens with zero attached hydrogens (tertiary/aromatic N) is 1. The van der Waals surface area contributed by atoms with E-state index in [4.69, 9.17) is 9.26 Å². The SMILES string of the molecule is COCc1cc(C(=O)N[C@@H](CO)Cc2ccccc2)no1. The quantitative estimate of drug-likeness (QED) is 0.799. The van der Waals surface area contributed by atoms with Gasteiger partial charge in [-0.2, -0.15) is 0 Å². The van der Waals surface area contributed by atoms with Crippen LogP contribution in [0.15, 0.2) is 40.9 Å². The summed E-state index contributed by atoms with van der Waals surface area (Å²) in [4.78, 5) is 12.0. The molecule has 0 unspecified atom stereocenters. The van der Waals surface area contributed by atoms with Gasteiger partial charge in [0.15, 0.2) is 11.5 Å². The first-order valence-electron chi connectivity index (χ1n) is 6.63. The number of hydrogen-bond acceptors (Lipinski definition) is 5. The van der Waals surface area contributed by atoms with Crippen molar-refractivity contribution >= 4 is 5.91 Å². The molecule has 6 heteroatoms. The van der Waals surface area contributed by atoms with Crippen molar-refractivity contribution in [1.29, 1.82) is 0 Å². The number of hydrogen-bond donors (Lipinski definition) is 2. The van der Waals surface area contributed by atoms with Crippen LogP contribution in [-0.4, -0.2) is 35.9 Å². The van der Waals surface area contributed by atoms with E-state index < -0.39 is 0 Å². The molecule has 0 spiro atoms. The van der Waals surface area contributed by atoms with Gasteiger partial charge in [0.1, 0.15) is 6.61 Å². The second-order valence-corrected chi connectivity index (χ2v) is 4.65. The third-order valence-corrected chi connectivity index (χ3v) is 2.96. The minimum atomic E-state index is -0.379. The first-order valence-corrected chi connectivity index (χ1v) is 6.63. The predicted molar refractivity (Wildman–Crippen MR) is 75.7 cm³/mol. The van der Waals surface area contributed by atoms with Crippen LogP contribution in [0.3, 0.4) is 0 Å². The maximum Gasteiger partial charge on any atom is 0.273 e. The largest absolute Gasteiger partial charge is 0.394 e. The van der Waals surface area contributed by atoms with Gasteiger partial charge in [-0.15, -0.1) is 0 Å². The van der Waals surface area contributed by atoms with Crippen molar-refractivity contribution in [3.63, 3.8) is 0 Å². The second-order valence-electron chi connectivity index (χ2n) is 4.65. The number of methoxy groups -OCH3 is 1. The number of rotatable bonds is 7. The summed E-state index contributed by atoms with van der Waals surface area (Å²) in [7, 11) is 1.53. The van der Waals surface area contributed by atoms with Gasteiger partial charge >= 0.3 is 0 Å². The molecule has 1 atom stereocenters. The Hall–Kier alpha value is -2.18. The zero-order chi connectivity index (χ0) is 15.1. The average molecular weight is 290 g/mol. The summed E-state index contributed by atoms with van der Waals surface area (Å²) < 4.78 is 9.86. The first kappa shape index (κ1) is 15.2. The lowest BCUT2D eigenvalue weighted by molar-refractivity contribution is 0.0906. The van der Waals surface area contributed by atoms with Gasteiger partial charge in [0.05, 0.1) is 12.6 Å². The summed E-state index contributed by atoms with van der Waals surface area (Å²) in [5.41, 5.74) is 1.21. The van der Waals surface area contributed by atoms with E-state index in [1.807, 2.05) is 30.3 Å². The molecule has 2 aromatic rings. The number of aliphatic hydroxyl groups is 1. The Morgan fingerprint density at radius 3 is 2.86 bits per heavy atom. The smallest absolute Gasteiger partial charge is 0.273 e. The van der Waals surface area contributed by atoms with E-state index in [-0.39, 0.29) is 30.9 Å². The van der Waals surface area contributed by atoms with Gasteiger partial charge in [-0.1, -0.05) is 35.5 Å². The molecule has 0 saturated carbocycles. The van der Waals surface area contributed by atoms with Crippen LogP contribution in [0.2, 0.25) is 0 Å². The molecule has 1 amide bonds. The summed E-state index contributed by atoms with van der Waals surface area (Å²) in [5.74, 6) is 0.0994. The Bertz CT molecular complexity index is 568. The molecule has 0 aliphatic heterocycles. The van der Waals surface area contributed by atoms with Crippen molar-refractivity contribution in [2.75, 3.05) is 13.7 Å². The summed E-state index contributed by atoms with van der Waals surface area (Å²) >= 11 is 0. The lowest BCUT2D eigenvalue weighted by Gasteiger charge is -2.15. The number of ether oxygens (including phenoxy) is 1. The Morgan fingerprint density at radius 1 is 1.43 bits per heavy atom. The molecule has 0 radical (unpaired) electrons. The van der Waals surface area contributed by atoms with Crippen molar-refractivity contribution in [2.45, 2.75) is 19.1 Å². The Kier molecular flexibility index (Phi) is 5.48. The van der Waals surface area contributed by atoms with Crippen LogP contribution in [0.4, 0.5) is 0 Å². The number of aromatic nitrogens is 1. The number of carbonyl (C=O) groups is 1. The van der Waals surface area contributed by atoms with Crippen LogP contribution in [0.1, 0.15) is 21.8 Å². The lowest BCUT2D eigenvalue weighted by Crippen LogP contribution is -2.39. The van der Waals surface area contributed by atoms with Crippen LogP contribution in [-0.2, 0) is 17.8 Å². The molecule has 2 N–H and O–H groups in total. The van der Waals surface area contributed by atoms with Crippen LogP contribution >= 0.6 is 0 Å². The van der Waals surface area contributed by atoms with Crippen molar-refractivity contribution in [2.24, 2.45) is 0 Å². The molecule has 21 heavy (non-hydrogen) atoms. The first-order chi connectivity index (χ1) is 10.2. The molecular weight excluding hydrogens is 272 g/mol. The molecule has 0 aliphatic carbocycles. The normalized spacial score (nSPS) is 12.1. The van der Waals surface area contributed by atoms with Gasteiger partial charge in [0, 0.05) is 13.2 Å². The van der Waals surface area contributed by atoms with Gasteiger partial charge in [-0.3, -0.25) is 4.79 Å². The highest BCUT2D eigenvalue weighted by atomic mass is 16.5. The van der Waals surface area contributed by atoms with Crippen LogP contribution in [0, 0.1) is 0 Å². The molecule has 0 bridgehead atoms. The lowest BCUT2D eigenvalue weighted by atomic mass is 10.1. The van der Waals surface area contributed by atoms with E-state index in [0.717, 1.165) is 5.56 Å². The van der Waals surface area contributed by atoms with E-state index in [9.17, 15) is 9.90 Å². The van der Waals surface area contributed by atoms with Crippen molar-refractivity contribution < 1.29 is 19.2 Å². The highest BCUT2D eigenvalue weighted by Gasteiger charge is 2.17. The summed E-state index contributed by atoms with van der Waals surface area (Å²) in [6, 6.07) is 10.8. The molecule has 6 nitrogen and oxygen atoms in total. The van der Waals surface area contributed by atoms with Gasteiger partial charge < -0.3 is 19.7 Å². The summed E-state index contributed by atoms with van der Waals surface area (Å²) in [6.45, 7) is 0.108. The fourth-order valence-electron chi connectivity index (χ4n) is 1.95. The van der Waals surface area contributed by atoms with Crippen molar-refractivity contribution in [1.82, 2.24) is 10.5 Å². The van der Waals surface area contributed by atoms with Gasteiger partial charge in [-0.25, -0.2) is 0 Å². The number of nitrogens with one attached hydrogen (secondary N) is 1. The number of benzene rings is 1. The third-order valence-electron chi connectivity index (χ3n) is 2.96. The monoisotopic (exact) mass is 290 g/mol. The molecule has 1 aromatic heterocycles. The van der Waals surface area contributed by atoms with Crippen LogP contribution in [0.5, 0.6) is 0 Å². The zero-order valence-electron chi connectivity index (χ0n) is 11.8. The molecule has 0 saturated heterocycles. The fraction of sp³-hybridized carbons (Fsp3) is 0.333. The summed E-state index contributed by atoms with van der Waals surface area (Å²) in [6.07, 6.45) is 0.547. The number of aliphatic hydroxyl groups excluding tert-OH is 1.